The van der Waals surface area contributed by atoms with E-state index in [1.54, 1.807) is 42.4 Å². The largest absolute Gasteiger partial charge is 0.502 e. The van der Waals surface area contributed by atoms with Crippen LogP contribution in [-0.2, 0) is 15.9 Å². The lowest BCUT2D eigenvalue weighted by Crippen LogP contribution is -2.84. The van der Waals surface area contributed by atoms with Crippen molar-refractivity contribution in [3.05, 3.63) is 48.3 Å². The van der Waals surface area contributed by atoms with Crippen LogP contribution in [0.4, 0.5) is 11.4 Å². The second-order valence-electron chi connectivity index (χ2n) is 6.91. The van der Waals surface area contributed by atoms with Crippen molar-refractivity contribution in [1.29, 1.82) is 0 Å². The minimum Gasteiger partial charge on any atom is -0.502 e. The molecule has 0 spiro atoms. The van der Waals surface area contributed by atoms with Crippen LogP contribution in [-0.4, -0.2) is 69.6 Å². The van der Waals surface area contributed by atoms with Gasteiger partial charge in [-0.3, -0.25) is 15.1 Å². The summed E-state index contributed by atoms with van der Waals surface area (Å²) >= 11 is -1.75. The highest BCUT2D eigenvalue weighted by molar-refractivity contribution is 7.83. The average Bonchev–Trinajstić information content (AvgIpc) is 3.14. The van der Waals surface area contributed by atoms with Crippen molar-refractivity contribution in [2.24, 2.45) is 8.80 Å². The highest BCUT2D eigenvalue weighted by Gasteiger charge is 2.29. The minimum atomic E-state index is -1.75. The lowest BCUT2D eigenvalue weighted by atomic mass is 10.1. The van der Waals surface area contributed by atoms with Crippen LogP contribution in [0, 0.1) is 0 Å². The number of phenols is 1. The fourth-order valence-electron chi connectivity index (χ4n) is 3.48. The van der Waals surface area contributed by atoms with Crippen molar-refractivity contribution in [1.82, 2.24) is 9.88 Å². The van der Waals surface area contributed by atoms with Gasteiger partial charge in [-0.25, -0.2) is 4.21 Å². The van der Waals surface area contributed by atoms with Gasteiger partial charge >= 0.3 is 11.7 Å². The van der Waals surface area contributed by atoms with Gasteiger partial charge in [0, 0.05) is 50.3 Å². The van der Waals surface area contributed by atoms with Gasteiger partial charge in [-0.05, 0) is 25.1 Å². The number of hydrogen-bond donors (Lipinski definition) is 2. The number of carbonyl (C=O) groups excluding carboxylic acids is 1. The Morgan fingerprint density at radius 3 is 2.61 bits per heavy atom. The first-order valence-electron chi connectivity index (χ1n) is 9.90. The van der Waals surface area contributed by atoms with Gasteiger partial charge in [-0.1, -0.05) is 6.07 Å². The van der Waals surface area contributed by atoms with Crippen molar-refractivity contribution < 1.29 is 24.2 Å². The Balaban J connectivity index is 1.46. The molecule has 2 aromatic rings. The van der Waals surface area contributed by atoms with Crippen LogP contribution in [0.5, 0.6) is 5.75 Å². The Bertz CT molecular complexity index is 1050. The number of para-hydroxylation sites is 1. The van der Waals surface area contributed by atoms with Gasteiger partial charge in [0.05, 0.1) is 12.2 Å². The number of hydrogen-bond acceptors (Lipinski definition) is 6. The SMILES string of the molecule is CCOC1=NS(=O)N=C1[NH2+]c1cccc(C(=O)N2CCN(c3ccncc3)CC2)c1O. The average molecular weight is 444 g/mol. The van der Waals surface area contributed by atoms with E-state index in [1.165, 1.54) is 5.32 Å². The van der Waals surface area contributed by atoms with Crippen molar-refractivity contribution >= 4 is 40.2 Å². The Hall–Kier alpha value is -3.31. The van der Waals surface area contributed by atoms with E-state index in [4.69, 9.17) is 4.74 Å². The molecule has 10 nitrogen and oxygen atoms in total. The highest BCUT2D eigenvalue weighted by atomic mass is 32.2. The molecule has 1 aromatic carbocycles. The van der Waals surface area contributed by atoms with Crippen molar-refractivity contribution in [2.45, 2.75) is 6.92 Å². The molecule has 3 N–H and O–H groups in total. The van der Waals surface area contributed by atoms with Crippen LogP contribution in [0.3, 0.4) is 0 Å². The molecule has 0 aliphatic carbocycles. The van der Waals surface area contributed by atoms with Crippen LogP contribution in [0.15, 0.2) is 51.5 Å². The molecule has 2 aliphatic rings. The highest BCUT2D eigenvalue weighted by Crippen LogP contribution is 2.26. The summed E-state index contributed by atoms with van der Waals surface area (Å²) in [4.78, 5) is 21.0. The summed E-state index contributed by atoms with van der Waals surface area (Å²) in [5.41, 5.74) is 1.66. The van der Waals surface area contributed by atoms with Crippen LogP contribution in [0.1, 0.15) is 17.3 Å². The van der Waals surface area contributed by atoms with Gasteiger partial charge < -0.3 is 19.6 Å². The summed E-state index contributed by atoms with van der Waals surface area (Å²) in [6.07, 6.45) is 3.50. The third kappa shape index (κ3) is 4.57. The third-order valence-electron chi connectivity index (χ3n) is 5.02. The van der Waals surface area contributed by atoms with Crippen molar-refractivity contribution in [2.75, 3.05) is 37.7 Å². The van der Waals surface area contributed by atoms with E-state index in [0.717, 1.165) is 5.69 Å². The van der Waals surface area contributed by atoms with E-state index in [1.807, 2.05) is 12.1 Å². The standard InChI is InChI=1S/C20H22N6O4S/c1-2-30-19-18(23-31(29)24-19)22-16-5-3-4-15(17(16)27)20(28)26-12-10-25(11-13-26)14-6-8-21-9-7-14/h3-9,27H,2,10-13H2,1H3,(H,22,23)/p+1. The molecular formula is C20H23N6O4S+. The quantitative estimate of drug-likeness (QED) is 0.520. The molecule has 1 amide bonds. The number of benzene rings is 1. The molecule has 2 aliphatic heterocycles. The van der Waals surface area contributed by atoms with E-state index in [9.17, 15) is 14.1 Å². The summed E-state index contributed by atoms with van der Waals surface area (Å²) in [6, 6.07) is 8.83. The predicted octanol–water partition coefficient (Wildman–Crippen LogP) is 0.370. The number of ether oxygens (including phenoxy) is 1. The zero-order chi connectivity index (χ0) is 21.8. The number of nitrogens with two attached hydrogens (primary N) is 1. The smallest absolute Gasteiger partial charge is 0.310 e. The molecule has 1 saturated heterocycles. The molecule has 0 radical (unpaired) electrons. The van der Waals surface area contributed by atoms with Crippen LogP contribution in [0.25, 0.3) is 0 Å². The lowest BCUT2D eigenvalue weighted by Gasteiger charge is -2.36. The topological polar surface area (TPSA) is 124 Å². The number of carbonyl (C=O) groups is 1. The Morgan fingerprint density at radius 2 is 1.90 bits per heavy atom. The molecule has 162 valence electrons. The van der Waals surface area contributed by atoms with Gasteiger partial charge in [0.15, 0.2) is 11.4 Å². The number of phenolic OH excluding ortho intramolecular Hbond substituents is 1. The minimum absolute atomic E-state index is 0.153. The van der Waals surface area contributed by atoms with E-state index in [0.29, 0.717) is 38.5 Å². The maximum absolute atomic E-state index is 13.1. The van der Waals surface area contributed by atoms with Gasteiger partial charge in [0.1, 0.15) is 0 Å². The number of piperazine rings is 1. The maximum atomic E-state index is 13.1. The van der Waals surface area contributed by atoms with Crippen LogP contribution in [0.2, 0.25) is 0 Å². The number of pyridine rings is 1. The Labute approximate surface area is 182 Å². The second kappa shape index (κ2) is 9.23. The molecule has 1 fully saturated rings. The van der Waals surface area contributed by atoms with E-state index in [-0.39, 0.29) is 29.0 Å². The zero-order valence-corrected chi connectivity index (χ0v) is 17.8. The number of amides is 1. The number of anilines is 1. The molecule has 1 atom stereocenters. The number of aromatic nitrogens is 1. The van der Waals surface area contributed by atoms with Gasteiger partial charge in [-0.15, -0.1) is 8.80 Å². The molecule has 0 saturated carbocycles. The maximum Gasteiger partial charge on any atom is 0.310 e. The van der Waals surface area contributed by atoms with E-state index in [2.05, 4.69) is 18.7 Å². The monoisotopic (exact) mass is 443 g/mol. The number of amidine groups is 1. The first kappa shape index (κ1) is 20.9. The molecule has 1 unspecified atom stereocenters. The van der Waals surface area contributed by atoms with E-state index >= 15 is 0 Å². The zero-order valence-electron chi connectivity index (χ0n) is 17.0. The summed E-state index contributed by atoms with van der Waals surface area (Å²) in [7, 11) is 0. The predicted molar refractivity (Wildman–Crippen MR) is 117 cm³/mol. The molecule has 4 rings (SSSR count). The molecular weight excluding hydrogens is 420 g/mol. The van der Waals surface area contributed by atoms with Crippen LogP contribution >= 0.6 is 0 Å². The number of quaternary nitrogens is 1. The normalized spacial score (nSPS) is 18.5. The van der Waals surface area contributed by atoms with Crippen molar-refractivity contribution in [3.63, 3.8) is 0 Å². The molecule has 11 heteroatoms. The lowest BCUT2D eigenvalue weighted by molar-refractivity contribution is -0.441. The van der Waals surface area contributed by atoms with Gasteiger partial charge in [-0.2, -0.15) is 0 Å². The fraction of sp³-hybridized carbons (Fsp3) is 0.300. The van der Waals surface area contributed by atoms with Gasteiger partial charge in [0.25, 0.3) is 17.1 Å². The molecule has 31 heavy (non-hydrogen) atoms. The summed E-state index contributed by atoms with van der Waals surface area (Å²) in [5, 5.41) is 12.3. The first-order chi connectivity index (χ1) is 15.1. The summed E-state index contributed by atoms with van der Waals surface area (Å²) < 4.78 is 24.7. The molecule has 0 bridgehead atoms. The Kier molecular flexibility index (Phi) is 6.23. The number of nitrogens with zero attached hydrogens (tertiary/aromatic N) is 5. The molecule has 1 aromatic heterocycles. The summed E-state index contributed by atoms with van der Waals surface area (Å²) in [6.45, 7) is 4.60. The molecule has 3 heterocycles. The van der Waals surface area contributed by atoms with E-state index < -0.39 is 11.2 Å². The number of rotatable bonds is 4. The van der Waals surface area contributed by atoms with Gasteiger partial charge in [0.2, 0.25) is 0 Å². The summed E-state index contributed by atoms with van der Waals surface area (Å²) in [5.74, 6) is 0.0355. The second-order valence-corrected chi connectivity index (χ2v) is 7.74. The Morgan fingerprint density at radius 1 is 1.16 bits per heavy atom. The van der Waals surface area contributed by atoms with Crippen molar-refractivity contribution in [3.8, 4) is 5.75 Å². The number of aromatic hydroxyl groups is 1. The third-order valence-corrected chi connectivity index (χ3v) is 5.70. The van der Waals surface area contributed by atoms with Crippen LogP contribution < -0.4 is 10.2 Å². The first-order valence-corrected chi connectivity index (χ1v) is 11.0. The fourth-order valence-corrected chi connectivity index (χ4v) is 4.11.